The molecule has 9 nitrogen and oxygen atoms in total. The number of carbonyl (C=O) groups is 3. The number of thiocarbonyl (C=S) groups is 1. The van der Waals surface area contributed by atoms with E-state index in [1.165, 1.54) is 29.2 Å². The number of hydrogen-bond acceptors (Lipinski definition) is 7. The zero-order valence-corrected chi connectivity index (χ0v) is 22.4. The minimum Gasteiger partial charge on any atom is -0.462 e. The van der Waals surface area contributed by atoms with Gasteiger partial charge < -0.3 is 19.9 Å². The molecule has 11 heteroatoms. The van der Waals surface area contributed by atoms with Crippen molar-refractivity contribution in [3.63, 3.8) is 0 Å². The lowest BCUT2D eigenvalue weighted by atomic mass is 10.1. The SMILES string of the molecule is CCOC(=O)c1ccc(N2C(=O)C(CC(=O)Nc3ccc(F)cc3)N(CCN3CCN(C)CC3)C2=S)cc1. The van der Waals surface area contributed by atoms with Crippen molar-refractivity contribution in [2.75, 3.05) is 63.1 Å². The zero-order chi connectivity index (χ0) is 27.2. The van der Waals surface area contributed by atoms with E-state index in [9.17, 15) is 18.8 Å². The van der Waals surface area contributed by atoms with E-state index in [2.05, 4.69) is 22.2 Å². The Bertz CT molecular complexity index is 1170. The van der Waals surface area contributed by atoms with Crippen LogP contribution < -0.4 is 10.2 Å². The molecular formula is C27H32FN5O4S. The highest BCUT2D eigenvalue weighted by atomic mass is 32.1. The van der Waals surface area contributed by atoms with E-state index in [1.54, 1.807) is 36.1 Å². The van der Waals surface area contributed by atoms with Gasteiger partial charge in [-0.3, -0.25) is 19.4 Å². The van der Waals surface area contributed by atoms with E-state index in [-0.39, 0.29) is 24.8 Å². The second kappa shape index (κ2) is 12.4. The quantitative estimate of drug-likeness (QED) is 0.383. The molecule has 2 heterocycles. The predicted molar refractivity (Wildman–Crippen MR) is 147 cm³/mol. The number of nitrogens with one attached hydrogen (secondary N) is 1. The van der Waals surface area contributed by atoms with Crippen molar-refractivity contribution in [2.24, 2.45) is 0 Å². The standard InChI is InChI=1S/C27H32FN5O4S/c1-3-37-26(36)19-4-10-22(11-5-19)33-25(35)23(18-24(34)29-21-8-6-20(28)7-9-21)32(27(33)38)17-16-31-14-12-30(2)13-15-31/h4-11,23H,3,12-18H2,1-2H3,(H,29,34). The van der Waals surface area contributed by atoms with E-state index in [4.69, 9.17) is 17.0 Å². The fourth-order valence-corrected chi connectivity index (χ4v) is 4.94. The molecule has 1 N–H and O–H groups in total. The van der Waals surface area contributed by atoms with Crippen LogP contribution in [0.5, 0.6) is 0 Å². The summed E-state index contributed by atoms with van der Waals surface area (Å²) in [5.41, 5.74) is 1.33. The molecule has 1 unspecified atom stereocenters. The molecule has 2 aliphatic rings. The summed E-state index contributed by atoms with van der Waals surface area (Å²) in [7, 11) is 2.09. The fourth-order valence-electron chi connectivity index (χ4n) is 4.53. The third-order valence-corrected chi connectivity index (χ3v) is 7.13. The van der Waals surface area contributed by atoms with Crippen LogP contribution in [0.4, 0.5) is 15.8 Å². The molecule has 2 aromatic rings. The number of likely N-dealkylation sites (N-methyl/N-ethyl adjacent to an activating group) is 1. The number of benzene rings is 2. The summed E-state index contributed by atoms with van der Waals surface area (Å²) in [6, 6.07) is 11.1. The van der Waals surface area contributed by atoms with Gasteiger partial charge in [0.2, 0.25) is 5.91 Å². The number of nitrogens with zero attached hydrogens (tertiary/aromatic N) is 4. The highest BCUT2D eigenvalue weighted by molar-refractivity contribution is 7.80. The number of amides is 2. The Balaban J connectivity index is 1.51. The van der Waals surface area contributed by atoms with Crippen molar-refractivity contribution >= 4 is 46.5 Å². The largest absolute Gasteiger partial charge is 0.462 e. The summed E-state index contributed by atoms with van der Waals surface area (Å²) in [5, 5.41) is 3.05. The summed E-state index contributed by atoms with van der Waals surface area (Å²) < 4.78 is 18.3. The minimum absolute atomic E-state index is 0.115. The average Bonchev–Trinajstić information content (AvgIpc) is 3.13. The second-order valence-electron chi connectivity index (χ2n) is 9.34. The van der Waals surface area contributed by atoms with Crippen LogP contribution in [-0.4, -0.2) is 96.6 Å². The zero-order valence-electron chi connectivity index (χ0n) is 21.6. The number of hydrogen-bond donors (Lipinski definition) is 1. The van der Waals surface area contributed by atoms with Crippen LogP contribution in [0.3, 0.4) is 0 Å². The topological polar surface area (TPSA) is 85.4 Å². The summed E-state index contributed by atoms with van der Waals surface area (Å²) in [6.45, 7) is 6.94. The normalized spacial score (nSPS) is 18.7. The molecule has 2 saturated heterocycles. The molecule has 1 atom stereocenters. The number of ether oxygens (including phenoxy) is 1. The molecular weight excluding hydrogens is 509 g/mol. The summed E-state index contributed by atoms with van der Waals surface area (Å²) in [4.78, 5) is 46.4. The molecule has 2 fully saturated rings. The Morgan fingerprint density at radius 2 is 1.68 bits per heavy atom. The maximum Gasteiger partial charge on any atom is 0.338 e. The number of esters is 1. The van der Waals surface area contributed by atoms with Crippen molar-refractivity contribution in [1.82, 2.24) is 14.7 Å². The Labute approximate surface area is 227 Å². The molecule has 2 amide bonds. The lowest BCUT2D eigenvalue weighted by molar-refractivity contribution is -0.124. The monoisotopic (exact) mass is 541 g/mol. The minimum atomic E-state index is -0.792. The lowest BCUT2D eigenvalue weighted by Crippen LogP contribution is -2.48. The van der Waals surface area contributed by atoms with Gasteiger partial charge in [-0.2, -0.15) is 0 Å². The smallest absolute Gasteiger partial charge is 0.338 e. The fraction of sp³-hybridized carbons (Fsp3) is 0.407. The first-order valence-electron chi connectivity index (χ1n) is 12.6. The maximum atomic E-state index is 13.6. The molecule has 0 bridgehead atoms. The van der Waals surface area contributed by atoms with Gasteiger partial charge in [0, 0.05) is 45.0 Å². The van der Waals surface area contributed by atoms with Crippen LogP contribution >= 0.6 is 12.2 Å². The Hall–Kier alpha value is -3.41. The number of anilines is 2. The van der Waals surface area contributed by atoms with E-state index in [0.29, 0.717) is 35.1 Å². The highest BCUT2D eigenvalue weighted by Crippen LogP contribution is 2.28. The summed E-state index contributed by atoms with van der Waals surface area (Å²) in [5.74, 6) is -1.54. The number of piperazine rings is 1. The van der Waals surface area contributed by atoms with Crippen LogP contribution in [0.1, 0.15) is 23.7 Å². The van der Waals surface area contributed by atoms with Crippen molar-refractivity contribution < 1.29 is 23.5 Å². The lowest BCUT2D eigenvalue weighted by Gasteiger charge is -2.34. The van der Waals surface area contributed by atoms with E-state index >= 15 is 0 Å². The molecule has 2 aliphatic heterocycles. The Kier molecular flexibility index (Phi) is 9.03. The first kappa shape index (κ1) is 27.6. The van der Waals surface area contributed by atoms with E-state index in [0.717, 1.165) is 26.2 Å². The van der Waals surface area contributed by atoms with E-state index in [1.807, 2.05) is 0 Å². The van der Waals surface area contributed by atoms with Gasteiger partial charge in [0.05, 0.1) is 24.3 Å². The predicted octanol–water partition coefficient (Wildman–Crippen LogP) is 2.58. The van der Waals surface area contributed by atoms with Crippen molar-refractivity contribution in [3.8, 4) is 0 Å². The van der Waals surface area contributed by atoms with Gasteiger partial charge in [-0.15, -0.1) is 0 Å². The molecule has 38 heavy (non-hydrogen) atoms. The number of halogens is 1. The average molecular weight is 542 g/mol. The van der Waals surface area contributed by atoms with Gasteiger partial charge in [-0.05, 0) is 74.7 Å². The van der Waals surface area contributed by atoms with Gasteiger partial charge in [-0.25, -0.2) is 9.18 Å². The number of rotatable bonds is 9. The number of carbonyl (C=O) groups excluding carboxylic acids is 3. The van der Waals surface area contributed by atoms with Crippen LogP contribution in [0.25, 0.3) is 0 Å². The molecule has 0 spiro atoms. The third kappa shape index (κ3) is 6.53. The van der Waals surface area contributed by atoms with E-state index < -0.39 is 17.8 Å². The highest BCUT2D eigenvalue weighted by Gasteiger charge is 2.44. The van der Waals surface area contributed by atoms with Gasteiger partial charge in [0.25, 0.3) is 5.91 Å². The summed E-state index contributed by atoms with van der Waals surface area (Å²) >= 11 is 5.75. The van der Waals surface area contributed by atoms with Crippen molar-refractivity contribution in [3.05, 3.63) is 59.9 Å². The first-order valence-corrected chi connectivity index (χ1v) is 13.1. The van der Waals surface area contributed by atoms with Crippen LogP contribution in [0.2, 0.25) is 0 Å². The molecule has 0 aliphatic carbocycles. The summed E-state index contributed by atoms with van der Waals surface area (Å²) in [6.07, 6.45) is -0.115. The van der Waals surface area contributed by atoms with Crippen molar-refractivity contribution in [2.45, 2.75) is 19.4 Å². The van der Waals surface area contributed by atoms with Crippen LogP contribution in [0, 0.1) is 5.82 Å². The van der Waals surface area contributed by atoms with Gasteiger partial charge in [-0.1, -0.05) is 0 Å². The molecule has 0 radical (unpaired) electrons. The second-order valence-corrected chi connectivity index (χ2v) is 9.70. The van der Waals surface area contributed by atoms with Crippen LogP contribution in [-0.2, 0) is 14.3 Å². The molecule has 0 saturated carbocycles. The first-order chi connectivity index (χ1) is 18.3. The van der Waals surface area contributed by atoms with Gasteiger partial charge in [0.15, 0.2) is 5.11 Å². The Morgan fingerprint density at radius 3 is 2.32 bits per heavy atom. The maximum absolute atomic E-state index is 13.6. The van der Waals surface area contributed by atoms with Crippen molar-refractivity contribution in [1.29, 1.82) is 0 Å². The molecule has 2 aromatic carbocycles. The van der Waals surface area contributed by atoms with Crippen LogP contribution in [0.15, 0.2) is 48.5 Å². The molecule has 202 valence electrons. The molecule has 0 aromatic heterocycles. The van der Waals surface area contributed by atoms with Gasteiger partial charge in [0.1, 0.15) is 11.9 Å². The third-order valence-electron chi connectivity index (χ3n) is 6.72. The Morgan fingerprint density at radius 1 is 1.03 bits per heavy atom. The molecule has 4 rings (SSSR count). The van der Waals surface area contributed by atoms with Gasteiger partial charge >= 0.3 is 5.97 Å².